The summed E-state index contributed by atoms with van der Waals surface area (Å²) < 4.78 is 13.7. The fraction of sp³-hybridized carbons (Fsp3) is 0.429. The van der Waals surface area contributed by atoms with Gasteiger partial charge in [-0.05, 0) is 49.8 Å². The molecule has 0 saturated heterocycles. The van der Waals surface area contributed by atoms with Crippen LogP contribution in [0, 0.1) is 5.82 Å². The van der Waals surface area contributed by atoms with E-state index in [1.165, 1.54) is 12.3 Å². The van der Waals surface area contributed by atoms with Crippen LogP contribution >= 0.6 is 0 Å². The molecule has 2 aromatic rings. The van der Waals surface area contributed by atoms with Gasteiger partial charge >= 0.3 is 0 Å². The van der Waals surface area contributed by atoms with Crippen molar-refractivity contribution in [1.82, 2.24) is 9.88 Å². The molecule has 0 radical (unpaired) electrons. The van der Waals surface area contributed by atoms with Gasteiger partial charge in [0.1, 0.15) is 17.6 Å². The summed E-state index contributed by atoms with van der Waals surface area (Å²) in [5.41, 5.74) is 0.146. The van der Waals surface area contributed by atoms with Gasteiger partial charge in [-0.15, -0.1) is 0 Å². The summed E-state index contributed by atoms with van der Waals surface area (Å²) >= 11 is 0. The highest BCUT2D eigenvalue weighted by Crippen LogP contribution is 2.37. The number of carbonyl (C=O) groups excluding carboxylic acids is 1. The van der Waals surface area contributed by atoms with E-state index in [2.05, 4.69) is 4.98 Å². The van der Waals surface area contributed by atoms with E-state index in [0.717, 1.165) is 0 Å². The monoisotopic (exact) mass is 373 g/mol. The zero-order valence-corrected chi connectivity index (χ0v) is 15.5. The van der Waals surface area contributed by atoms with Crippen molar-refractivity contribution in [2.45, 2.75) is 50.2 Å². The Morgan fingerprint density at radius 1 is 1.30 bits per heavy atom. The zero-order valence-electron chi connectivity index (χ0n) is 15.5. The van der Waals surface area contributed by atoms with Crippen LogP contribution in [0.1, 0.15) is 43.4 Å². The van der Waals surface area contributed by atoms with E-state index in [-0.39, 0.29) is 24.2 Å². The lowest BCUT2D eigenvalue weighted by Gasteiger charge is -2.39. The molecule has 1 amide bonds. The molecule has 3 N–H and O–H groups in total. The highest BCUT2D eigenvalue weighted by atomic mass is 19.1. The van der Waals surface area contributed by atoms with Gasteiger partial charge in [0.15, 0.2) is 0 Å². The van der Waals surface area contributed by atoms with Crippen molar-refractivity contribution in [3.05, 3.63) is 59.7 Å². The number of halogens is 1. The number of aromatic nitrogens is 1. The van der Waals surface area contributed by atoms with E-state index in [4.69, 9.17) is 5.11 Å². The quantitative estimate of drug-likeness (QED) is 0.819. The SMILES string of the molecule is CN(C(=O)CCc1ccccc1F)C1CCC(O)(c2ccc([OH2+])cn2)CC1. The van der Waals surface area contributed by atoms with E-state index < -0.39 is 5.60 Å². The normalized spacial score (nSPS) is 22.4. The number of hydrogen-bond donors (Lipinski definition) is 1. The molecule has 1 saturated carbocycles. The molecular weight excluding hydrogens is 347 g/mol. The molecule has 1 heterocycles. The largest absolute Gasteiger partial charge is 0.592 e. The molecule has 5 nitrogen and oxygen atoms in total. The molecule has 1 aromatic carbocycles. The summed E-state index contributed by atoms with van der Waals surface area (Å²) in [5.74, 6) is 0.0310. The van der Waals surface area contributed by atoms with Gasteiger partial charge in [0.05, 0.1) is 5.69 Å². The summed E-state index contributed by atoms with van der Waals surface area (Å²) in [5, 5.41) is 18.4. The molecule has 0 spiro atoms. The first kappa shape index (κ1) is 19.3. The number of aliphatic hydroxyl groups is 1. The van der Waals surface area contributed by atoms with Gasteiger partial charge in [-0.1, -0.05) is 18.2 Å². The van der Waals surface area contributed by atoms with E-state index in [0.29, 0.717) is 49.1 Å². The van der Waals surface area contributed by atoms with Gasteiger partial charge in [-0.2, -0.15) is 0 Å². The number of hydrogen-bond acceptors (Lipinski definition) is 3. The Morgan fingerprint density at radius 3 is 2.63 bits per heavy atom. The van der Waals surface area contributed by atoms with Gasteiger partial charge in [-0.25, -0.2) is 9.37 Å². The third-order valence-electron chi connectivity index (χ3n) is 5.53. The second-order valence-corrected chi connectivity index (χ2v) is 7.29. The van der Waals surface area contributed by atoms with Crippen molar-refractivity contribution < 1.29 is 19.4 Å². The summed E-state index contributed by atoms with van der Waals surface area (Å²) in [4.78, 5) is 18.4. The zero-order chi connectivity index (χ0) is 19.4. The first-order valence-corrected chi connectivity index (χ1v) is 9.28. The molecule has 0 atom stereocenters. The Bertz CT molecular complexity index is 786. The maximum absolute atomic E-state index is 13.7. The minimum absolute atomic E-state index is 0.00891. The van der Waals surface area contributed by atoms with Gasteiger partial charge < -0.3 is 15.1 Å². The molecular formula is C21H26FN2O3+. The van der Waals surface area contributed by atoms with Crippen LogP contribution in [0.25, 0.3) is 0 Å². The molecule has 3 rings (SSSR count). The minimum Gasteiger partial charge on any atom is -0.592 e. The van der Waals surface area contributed by atoms with E-state index in [1.54, 1.807) is 42.3 Å². The molecule has 1 fully saturated rings. The number of benzene rings is 1. The van der Waals surface area contributed by atoms with Crippen molar-refractivity contribution in [1.29, 1.82) is 0 Å². The van der Waals surface area contributed by atoms with Crippen LogP contribution in [0.2, 0.25) is 0 Å². The Morgan fingerprint density at radius 2 is 2.00 bits per heavy atom. The lowest BCUT2D eigenvalue weighted by Crippen LogP contribution is -2.43. The molecule has 0 aliphatic heterocycles. The molecule has 1 aliphatic carbocycles. The third-order valence-corrected chi connectivity index (χ3v) is 5.53. The Balaban J connectivity index is 1.54. The highest BCUT2D eigenvalue weighted by molar-refractivity contribution is 5.76. The van der Waals surface area contributed by atoms with Crippen LogP contribution in [0.15, 0.2) is 42.6 Å². The average Bonchev–Trinajstić information content (AvgIpc) is 2.67. The van der Waals surface area contributed by atoms with Crippen molar-refractivity contribution in [3.8, 4) is 5.75 Å². The number of carbonyl (C=O) groups is 1. The fourth-order valence-electron chi connectivity index (χ4n) is 3.72. The maximum Gasteiger partial charge on any atom is 0.272 e. The van der Waals surface area contributed by atoms with Gasteiger partial charge in [-0.3, -0.25) is 4.79 Å². The van der Waals surface area contributed by atoms with Crippen molar-refractivity contribution in [2.24, 2.45) is 0 Å². The number of pyridine rings is 1. The minimum atomic E-state index is -0.999. The smallest absolute Gasteiger partial charge is 0.272 e. The van der Waals surface area contributed by atoms with Gasteiger partial charge in [0.2, 0.25) is 5.91 Å². The van der Waals surface area contributed by atoms with Crippen molar-refractivity contribution in [2.75, 3.05) is 7.05 Å². The Kier molecular flexibility index (Phi) is 5.75. The maximum atomic E-state index is 13.7. The van der Waals surface area contributed by atoms with Crippen LogP contribution in [0.3, 0.4) is 0 Å². The number of amides is 1. The Labute approximate surface area is 158 Å². The predicted octanol–water partition coefficient (Wildman–Crippen LogP) is 2.88. The van der Waals surface area contributed by atoms with Crippen LogP contribution in [0.4, 0.5) is 4.39 Å². The average molecular weight is 373 g/mol. The summed E-state index contributed by atoms with van der Waals surface area (Å²) in [6.45, 7) is 0. The molecule has 144 valence electrons. The van der Waals surface area contributed by atoms with Gasteiger partial charge in [0.25, 0.3) is 5.75 Å². The molecule has 27 heavy (non-hydrogen) atoms. The first-order chi connectivity index (χ1) is 12.9. The number of aryl methyl sites for hydroxylation is 1. The fourth-order valence-corrected chi connectivity index (χ4v) is 3.72. The second kappa shape index (κ2) is 8.05. The van der Waals surface area contributed by atoms with Gasteiger partial charge in [0, 0.05) is 25.6 Å². The molecule has 0 bridgehead atoms. The van der Waals surface area contributed by atoms with E-state index in [1.807, 2.05) is 0 Å². The number of rotatable bonds is 5. The molecule has 6 heteroatoms. The molecule has 1 aromatic heterocycles. The Hall–Kier alpha value is -2.47. The third kappa shape index (κ3) is 4.45. The molecule has 1 aliphatic rings. The van der Waals surface area contributed by atoms with Crippen LogP contribution in [0.5, 0.6) is 5.75 Å². The molecule has 0 unspecified atom stereocenters. The van der Waals surface area contributed by atoms with Crippen molar-refractivity contribution in [3.63, 3.8) is 0 Å². The van der Waals surface area contributed by atoms with Crippen molar-refractivity contribution >= 4 is 5.91 Å². The summed E-state index contributed by atoms with van der Waals surface area (Å²) in [7, 11) is 1.78. The summed E-state index contributed by atoms with van der Waals surface area (Å²) in [6, 6.07) is 9.93. The van der Waals surface area contributed by atoms with Crippen LogP contribution < -0.4 is 0 Å². The first-order valence-electron chi connectivity index (χ1n) is 9.28. The highest BCUT2D eigenvalue weighted by Gasteiger charge is 2.38. The lowest BCUT2D eigenvalue weighted by molar-refractivity contribution is -0.134. The predicted molar refractivity (Wildman–Crippen MR) is 101 cm³/mol. The van der Waals surface area contributed by atoms with E-state index in [9.17, 15) is 14.3 Å². The topological polar surface area (TPSA) is 76.3 Å². The standard InChI is InChI=1S/C21H25FN2O3/c1-24(20(26)9-6-15-4-2-3-5-18(15)22)16-10-12-21(27,13-11-16)19-8-7-17(25)14-23-19/h2-5,7-8,14,16,25,27H,6,9-13H2,1H3/p+1. The second-order valence-electron chi connectivity index (χ2n) is 7.29. The lowest BCUT2D eigenvalue weighted by atomic mass is 9.79. The van der Waals surface area contributed by atoms with Crippen LogP contribution in [-0.2, 0) is 16.8 Å². The van der Waals surface area contributed by atoms with E-state index >= 15 is 0 Å². The number of nitrogens with zero attached hydrogens (tertiary/aromatic N) is 2. The van der Waals surface area contributed by atoms with Crippen LogP contribution in [-0.4, -0.2) is 39.1 Å². The summed E-state index contributed by atoms with van der Waals surface area (Å²) in [6.07, 6.45) is 4.50.